The summed E-state index contributed by atoms with van der Waals surface area (Å²) < 4.78 is 0. The second-order valence-corrected chi connectivity index (χ2v) is 13.2. The van der Waals surface area contributed by atoms with Crippen LogP contribution in [0.1, 0.15) is 47.9 Å². The summed E-state index contributed by atoms with van der Waals surface area (Å²) in [6, 6.07) is 13.4. The van der Waals surface area contributed by atoms with Gasteiger partial charge in [0, 0.05) is 0 Å². The molecular formula is C18H22Cl4Zr2-2. The molecule has 2 aromatic rings. The Hall–Kier alpha value is 1.63. The average molecular weight is 563 g/mol. The minimum atomic E-state index is -0.826. The molecular weight excluding hydrogens is 540 g/mol. The van der Waals surface area contributed by atoms with E-state index in [4.69, 9.17) is 34.1 Å². The Bertz CT molecular complexity index is 447. The maximum atomic E-state index is 4.93. The molecule has 132 valence electrons. The summed E-state index contributed by atoms with van der Waals surface area (Å²) in [6.07, 6.45) is 10.9. The van der Waals surface area contributed by atoms with Gasteiger partial charge in [0.1, 0.15) is 0 Å². The van der Waals surface area contributed by atoms with Crippen LogP contribution in [0.15, 0.2) is 36.4 Å². The van der Waals surface area contributed by atoms with Gasteiger partial charge in [0.15, 0.2) is 0 Å². The smallest absolute Gasteiger partial charge is 0.0512 e. The monoisotopic (exact) mass is 558 g/mol. The second kappa shape index (κ2) is 15.7. The Balaban J connectivity index is 0.000000183. The molecule has 0 amide bonds. The number of rotatable bonds is 0. The third-order valence-corrected chi connectivity index (χ3v) is 4.30. The van der Waals surface area contributed by atoms with Gasteiger partial charge >= 0.3 is 75.7 Å². The van der Waals surface area contributed by atoms with Gasteiger partial charge in [0.2, 0.25) is 0 Å². The van der Waals surface area contributed by atoms with Crippen LogP contribution in [0.3, 0.4) is 0 Å². The molecule has 0 aliphatic heterocycles. The first-order valence-corrected chi connectivity index (χ1v) is 20.8. The Morgan fingerprint density at radius 3 is 1.29 bits per heavy atom. The molecule has 0 aromatic heterocycles. The van der Waals surface area contributed by atoms with E-state index in [1.54, 1.807) is 22.3 Å². The SMILES string of the molecule is [Cl][Zr][Cl].[Cl][Zr][Cl].c1cc2c([cH-]1)CCCC2.c1cc2c([cH-]1)CCCC2. The summed E-state index contributed by atoms with van der Waals surface area (Å²) in [5.74, 6) is 0. The van der Waals surface area contributed by atoms with Crippen LogP contribution in [0.25, 0.3) is 0 Å². The predicted molar refractivity (Wildman–Crippen MR) is 101 cm³/mol. The minimum Gasteiger partial charge on any atom is -0.210 e. The zero-order chi connectivity index (χ0) is 17.6. The van der Waals surface area contributed by atoms with Crippen LogP contribution in [0.4, 0.5) is 0 Å². The molecule has 0 radical (unpaired) electrons. The zero-order valence-electron chi connectivity index (χ0n) is 13.6. The van der Waals surface area contributed by atoms with Gasteiger partial charge in [0.05, 0.1) is 0 Å². The number of hydrogen-bond acceptors (Lipinski definition) is 0. The van der Waals surface area contributed by atoms with Crippen molar-refractivity contribution in [3.05, 3.63) is 58.7 Å². The minimum absolute atomic E-state index is 0.826. The molecule has 0 saturated carbocycles. The van der Waals surface area contributed by atoms with E-state index >= 15 is 0 Å². The van der Waals surface area contributed by atoms with Crippen molar-refractivity contribution in [2.24, 2.45) is 0 Å². The third-order valence-electron chi connectivity index (χ3n) is 4.30. The zero-order valence-corrected chi connectivity index (χ0v) is 21.6. The van der Waals surface area contributed by atoms with Crippen molar-refractivity contribution in [2.45, 2.75) is 51.4 Å². The molecule has 2 aliphatic carbocycles. The van der Waals surface area contributed by atoms with Gasteiger partial charge in [-0.25, -0.2) is 12.1 Å². The predicted octanol–water partition coefficient (Wildman–Crippen LogP) is 7.32. The maximum absolute atomic E-state index is 4.93. The quantitative estimate of drug-likeness (QED) is 0.295. The van der Waals surface area contributed by atoms with Gasteiger partial charge in [0.25, 0.3) is 0 Å². The summed E-state index contributed by atoms with van der Waals surface area (Å²) in [6.45, 7) is 0. The van der Waals surface area contributed by atoms with Crippen molar-refractivity contribution in [2.75, 3.05) is 0 Å². The first-order chi connectivity index (χ1) is 11.8. The van der Waals surface area contributed by atoms with Crippen LogP contribution >= 0.6 is 34.1 Å². The number of halogens is 4. The Labute approximate surface area is 183 Å². The van der Waals surface area contributed by atoms with Crippen LogP contribution in [-0.2, 0) is 67.4 Å². The molecule has 24 heavy (non-hydrogen) atoms. The van der Waals surface area contributed by atoms with E-state index in [1.165, 1.54) is 51.4 Å². The molecule has 0 bridgehead atoms. The molecule has 0 spiro atoms. The van der Waals surface area contributed by atoms with Gasteiger partial charge in [-0.2, -0.15) is 46.5 Å². The Kier molecular flexibility index (Phi) is 15.4. The van der Waals surface area contributed by atoms with E-state index in [0.29, 0.717) is 0 Å². The molecule has 0 N–H and O–H groups in total. The third kappa shape index (κ3) is 9.53. The summed E-state index contributed by atoms with van der Waals surface area (Å²) in [5, 5.41) is 0. The van der Waals surface area contributed by atoms with Crippen molar-refractivity contribution in [3.8, 4) is 0 Å². The van der Waals surface area contributed by atoms with Crippen molar-refractivity contribution in [3.63, 3.8) is 0 Å². The van der Waals surface area contributed by atoms with Gasteiger partial charge in [-0.15, -0.1) is 0 Å². The van der Waals surface area contributed by atoms with Crippen molar-refractivity contribution in [1.82, 2.24) is 0 Å². The fraction of sp³-hybridized carbons (Fsp3) is 0.444. The summed E-state index contributed by atoms with van der Waals surface area (Å²) in [5.41, 5.74) is 6.39. The summed E-state index contributed by atoms with van der Waals surface area (Å²) >= 11 is -1.65. The van der Waals surface area contributed by atoms with Crippen LogP contribution in [0, 0.1) is 0 Å². The molecule has 0 fully saturated rings. The van der Waals surface area contributed by atoms with E-state index in [2.05, 4.69) is 36.4 Å². The Morgan fingerprint density at radius 2 is 0.958 bits per heavy atom. The molecule has 2 aromatic carbocycles. The van der Waals surface area contributed by atoms with E-state index < -0.39 is 41.7 Å². The average Bonchev–Trinajstić information content (AvgIpc) is 3.26. The van der Waals surface area contributed by atoms with Gasteiger partial charge in [-0.1, -0.05) is 51.4 Å². The van der Waals surface area contributed by atoms with Crippen LogP contribution in [-0.4, -0.2) is 0 Å². The number of hydrogen-bond donors (Lipinski definition) is 0. The second-order valence-electron chi connectivity index (χ2n) is 5.71. The van der Waals surface area contributed by atoms with Gasteiger partial charge < -0.3 is 0 Å². The molecule has 0 atom stereocenters. The van der Waals surface area contributed by atoms with Crippen LogP contribution in [0.2, 0.25) is 0 Å². The molecule has 0 heterocycles. The van der Waals surface area contributed by atoms with E-state index in [1.807, 2.05) is 0 Å². The molecule has 0 unspecified atom stereocenters. The molecule has 0 nitrogen and oxygen atoms in total. The van der Waals surface area contributed by atoms with E-state index in [9.17, 15) is 0 Å². The fourth-order valence-corrected chi connectivity index (χ4v) is 3.23. The number of fused-ring (bicyclic) bond motifs is 2. The van der Waals surface area contributed by atoms with Crippen molar-refractivity contribution >= 4 is 34.1 Å². The van der Waals surface area contributed by atoms with E-state index in [0.717, 1.165) is 0 Å². The molecule has 6 heteroatoms. The van der Waals surface area contributed by atoms with Gasteiger partial charge in [-0.05, 0) is 0 Å². The molecule has 0 saturated heterocycles. The summed E-state index contributed by atoms with van der Waals surface area (Å²) in [4.78, 5) is 0. The van der Waals surface area contributed by atoms with E-state index in [-0.39, 0.29) is 0 Å². The fourth-order valence-electron chi connectivity index (χ4n) is 3.23. The summed E-state index contributed by atoms with van der Waals surface area (Å²) in [7, 11) is 19.7. The molecule has 2 aliphatic rings. The van der Waals surface area contributed by atoms with Gasteiger partial charge in [-0.3, -0.25) is 0 Å². The van der Waals surface area contributed by atoms with Crippen molar-refractivity contribution in [1.29, 1.82) is 0 Å². The first-order valence-electron chi connectivity index (χ1n) is 8.16. The van der Waals surface area contributed by atoms with Crippen molar-refractivity contribution < 1.29 is 41.7 Å². The van der Waals surface area contributed by atoms with Crippen LogP contribution in [0.5, 0.6) is 0 Å². The topological polar surface area (TPSA) is 0 Å². The maximum Gasteiger partial charge on any atom is -0.0512 e. The molecule has 4 rings (SSSR count). The standard InChI is InChI=1S/2C9H11.4ClH.2Zr/c2*1-2-5-9-7-3-6-8(9)4-1;;;;;;/h2*3,6-7H,1-2,4-5H2;4*1H;;/q2*-1;;;;;2*+2/p-4. The number of aryl methyl sites for hydroxylation is 4. The largest absolute Gasteiger partial charge is 0.210 e. The Morgan fingerprint density at radius 1 is 0.625 bits per heavy atom. The first kappa shape index (κ1) is 23.7. The van der Waals surface area contributed by atoms with Crippen LogP contribution < -0.4 is 0 Å². The normalized spacial score (nSPS) is 14.2.